The molecule has 3 aromatic carbocycles. The highest BCUT2D eigenvalue weighted by Gasteiger charge is 2.39. The number of hydrogen-bond donors (Lipinski definition) is 3. The van der Waals surface area contributed by atoms with E-state index in [4.69, 9.17) is 24.1 Å². The molecule has 1 fully saturated rings. The number of carboxylic acid groups (broad SMARTS) is 1. The molecule has 0 spiro atoms. The first-order chi connectivity index (χ1) is 21.3. The van der Waals surface area contributed by atoms with Gasteiger partial charge in [0.2, 0.25) is 5.91 Å². The zero-order valence-corrected chi connectivity index (χ0v) is 25.3. The molecule has 0 aromatic heterocycles. The normalized spacial score (nSPS) is 21.7. The second-order valence-corrected chi connectivity index (χ2v) is 11.3. The predicted molar refractivity (Wildman–Crippen MR) is 163 cm³/mol. The van der Waals surface area contributed by atoms with Crippen molar-refractivity contribution in [1.82, 2.24) is 4.90 Å². The minimum absolute atomic E-state index is 0.0258. The molecule has 44 heavy (non-hydrogen) atoms. The first-order valence-corrected chi connectivity index (χ1v) is 14.9. The highest BCUT2D eigenvalue weighted by molar-refractivity contribution is 5.92. The van der Waals surface area contributed by atoms with Gasteiger partial charge in [0.15, 0.2) is 17.8 Å². The van der Waals surface area contributed by atoms with Gasteiger partial charge in [0.25, 0.3) is 0 Å². The summed E-state index contributed by atoms with van der Waals surface area (Å²) in [6.45, 7) is 4.47. The van der Waals surface area contributed by atoms with E-state index in [9.17, 15) is 14.7 Å². The number of hydrogen-bond acceptors (Lipinski definition) is 8. The number of carbonyl (C=O) groups excluding carboxylic acids is 1. The van der Waals surface area contributed by atoms with Crippen molar-refractivity contribution >= 4 is 17.6 Å². The molecule has 0 bridgehead atoms. The van der Waals surface area contributed by atoms with Crippen molar-refractivity contribution in [2.45, 2.75) is 57.8 Å². The lowest BCUT2D eigenvalue weighted by molar-refractivity contribution is -0.276. The summed E-state index contributed by atoms with van der Waals surface area (Å²) >= 11 is 0. The Morgan fingerprint density at radius 3 is 2.23 bits per heavy atom. The summed E-state index contributed by atoms with van der Waals surface area (Å²) < 4.78 is 24.3. The lowest BCUT2D eigenvalue weighted by Crippen LogP contribution is -2.45. The fourth-order valence-corrected chi connectivity index (χ4v) is 5.85. The second kappa shape index (κ2) is 14.2. The molecule has 10 nitrogen and oxygen atoms in total. The van der Waals surface area contributed by atoms with Crippen LogP contribution in [0.4, 0.5) is 5.69 Å². The number of fused-ring (bicyclic) bond motifs is 1. The number of rotatable bonds is 11. The van der Waals surface area contributed by atoms with Gasteiger partial charge in [0.1, 0.15) is 0 Å². The quantitative estimate of drug-likeness (QED) is 0.282. The smallest absolute Gasteiger partial charge is 0.303 e. The number of ether oxygens (including phenoxy) is 4. The third kappa shape index (κ3) is 7.39. The average molecular weight is 605 g/mol. The number of nitrogens with one attached hydrogen (secondary N) is 1. The van der Waals surface area contributed by atoms with E-state index in [0.29, 0.717) is 12.2 Å². The summed E-state index contributed by atoms with van der Waals surface area (Å²) in [6.07, 6.45) is -0.460. The van der Waals surface area contributed by atoms with Crippen LogP contribution in [0.1, 0.15) is 60.0 Å². The van der Waals surface area contributed by atoms with Crippen LogP contribution in [0.5, 0.6) is 11.5 Å². The van der Waals surface area contributed by atoms with Gasteiger partial charge in [-0.25, -0.2) is 0 Å². The molecule has 10 heteroatoms. The monoisotopic (exact) mass is 604 g/mol. The number of nitrogens with zero attached hydrogens (tertiary/aromatic N) is 1. The number of methoxy groups -OCH3 is 2. The number of aliphatic hydroxyl groups excluding tert-OH is 1. The van der Waals surface area contributed by atoms with E-state index in [0.717, 1.165) is 47.7 Å². The van der Waals surface area contributed by atoms with Crippen LogP contribution in [0.2, 0.25) is 0 Å². The van der Waals surface area contributed by atoms with Crippen LogP contribution in [0.25, 0.3) is 0 Å². The van der Waals surface area contributed by atoms with Crippen LogP contribution in [-0.2, 0) is 38.6 Å². The SMILES string of the molecule is COc1cc2c(cc1OC)CN(C[C@@H]1O[C@H](c3ccc(NC(=O)CCC(=O)O)cc3)O[C@H](c3ccc(CO)cc3)[C@@H]1C)CC2. The molecule has 2 aliphatic heterocycles. The number of benzene rings is 3. The van der Waals surface area contributed by atoms with E-state index in [2.05, 4.69) is 29.3 Å². The number of anilines is 1. The molecular weight excluding hydrogens is 564 g/mol. The number of aliphatic carboxylic acids is 1. The summed E-state index contributed by atoms with van der Waals surface area (Å²) in [5, 5.41) is 21.1. The highest BCUT2D eigenvalue weighted by Crippen LogP contribution is 2.42. The van der Waals surface area contributed by atoms with Gasteiger partial charge in [-0.15, -0.1) is 0 Å². The second-order valence-electron chi connectivity index (χ2n) is 11.3. The van der Waals surface area contributed by atoms with Gasteiger partial charge in [0.05, 0.1) is 39.5 Å². The first-order valence-electron chi connectivity index (χ1n) is 14.9. The molecule has 234 valence electrons. The Bertz CT molecular complexity index is 1440. The summed E-state index contributed by atoms with van der Waals surface area (Å²) in [6, 6.07) is 19.2. The van der Waals surface area contributed by atoms with Crippen LogP contribution in [0, 0.1) is 5.92 Å². The lowest BCUT2D eigenvalue weighted by Gasteiger charge is -2.43. The van der Waals surface area contributed by atoms with Crippen molar-refractivity contribution < 1.29 is 38.7 Å². The summed E-state index contributed by atoms with van der Waals surface area (Å²) in [4.78, 5) is 25.3. The number of carboxylic acids is 1. The molecule has 1 saturated heterocycles. The van der Waals surface area contributed by atoms with Crippen LogP contribution >= 0.6 is 0 Å². The first kappa shape index (κ1) is 31.5. The van der Waals surface area contributed by atoms with E-state index in [1.807, 2.05) is 36.4 Å². The Kier molecular flexibility index (Phi) is 10.2. The molecule has 0 saturated carbocycles. The van der Waals surface area contributed by atoms with Crippen LogP contribution in [0.3, 0.4) is 0 Å². The number of aliphatic hydroxyl groups is 1. The molecule has 1 amide bonds. The molecule has 2 heterocycles. The van der Waals surface area contributed by atoms with Gasteiger partial charge in [0, 0.05) is 43.2 Å². The third-order valence-electron chi connectivity index (χ3n) is 8.39. The standard InChI is InChI=1S/C34H40N2O8/c1-21-30(19-36-15-14-25-16-28(41-2)29(42-3)17-26(25)18-36)43-34(44-33(21)23-6-4-22(20-37)5-7-23)24-8-10-27(11-9-24)35-31(38)12-13-32(39)40/h4-11,16-17,21,30,33-34,37H,12-15,18-20H2,1-3H3,(H,35,38)(H,39,40)/t21-,30+,33+,34+/m1/s1. The van der Waals surface area contributed by atoms with E-state index in [1.54, 1.807) is 26.4 Å². The molecule has 0 radical (unpaired) electrons. The molecule has 0 aliphatic carbocycles. The summed E-state index contributed by atoms with van der Waals surface area (Å²) in [7, 11) is 3.30. The van der Waals surface area contributed by atoms with Crippen molar-refractivity contribution in [1.29, 1.82) is 0 Å². The topological polar surface area (TPSA) is 127 Å². The van der Waals surface area contributed by atoms with E-state index >= 15 is 0 Å². The van der Waals surface area contributed by atoms with Crippen LogP contribution in [-0.4, -0.2) is 60.4 Å². The lowest BCUT2D eigenvalue weighted by atomic mass is 9.89. The summed E-state index contributed by atoms with van der Waals surface area (Å²) in [5.41, 5.74) is 5.69. The zero-order chi connectivity index (χ0) is 31.2. The van der Waals surface area contributed by atoms with Crippen molar-refractivity contribution in [3.05, 3.63) is 88.5 Å². The summed E-state index contributed by atoms with van der Waals surface area (Å²) in [5.74, 6) is 0.123. The molecule has 5 rings (SSSR count). The fraction of sp³-hybridized carbons (Fsp3) is 0.412. The van der Waals surface area contributed by atoms with Gasteiger partial charge in [-0.3, -0.25) is 14.5 Å². The van der Waals surface area contributed by atoms with Gasteiger partial charge in [-0.2, -0.15) is 0 Å². The van der Waals surface area contributed by atoms with Gasteiger partial charge in [-0.05, 0) is 52.9 Å². The van der Waals surface area contributed by atoms with Gasteiger partial charge >= 0.3 is 5.97 Å². The van der Waals surface area contributed by atoms with Gasteiger partial charge < -0.3 is 34.5 Å². The van der Waals surface area contributed by atoms with Crippen molar-refractivity contribution in [3.63, 3.8) is 0 Å². The van der Waals surface area contributed by atoms with E-state index < -0.39 is 12.3 Å². The molecule has 3 aromatic rings. The minimum atomic E-state index is -1.01. The maximum atomic E-state index is 12.1. The Morgan fingerprint density at radius 1 is 0.932 bits per heavy atom. The fourth-order valence-electron chi connectivity index (χ4n) is 5.85. The average Bonchev–Trinajstić information content (AvgIpc) is 3.04. The maximum absolute atomic E-state index is 12.1. The number of amides is 1. The minimum Gasteiger partial charge on any atom is -0.493 e. The molecular formula is C34H40N2O8. The van der Waals surface area contributed by atoms with E-state index in [-0.39, 0.29) is 43.5 Å². The van der Waals surface area contributed by atoms with Gasteiger partial charge in [-0.1, -0.05) is 43.3 Å². The Balaban J connectivity index is 1.34. The molecule has 4 atom stereocenters. The Labute approximate surface area is 257 Å². The van der Waals surface area contributed by atoms with Crippen molar-refractivity contribution in [2.75, 3.05) is 32.6 Å². The number of carbonyl (C=O) groups is 2. The molecule has 2 aliphatic rings. The van der Waals surface area contributed by atoms with Crippen molar-refractivity contribution in [2.24, 2.45) is 5.92 Å². The largest absolute Gasteiger partial charge is 0.493 e. The predicted octanol–water partition coefficient (Wildman–Crippen LogP) is 4.85. The van der Waals surface area contributed by atoms with E-state index in [1.165, 1.54) is 11.1 Å². The van der Waals surface area contributed by atoms with Crippen LogP contribution < -0.4 is 14.8 Å². The Morgan fingerprint density at radius 2 is 1.59 bits per heavy atom. The maximum Gasteiger partial charge on any atom is 0.303 e. The highest BCUT2D eigenvalue weighted by atomic mass is 16.7. The zero-order valence-electron chi connectivity index (χ0n) is 25.3. The Hall–Kier alpha value is -3.96. The van der Waals surface area contributed by atoms with Crippen LogP contribution in [0.15, 0.2) is 60.7 Å². The molecule has 3 N–H and O–H groups in total. The molecule has 0 unspecified atom stereocenters. The third-order valence-corrected chi connectivity index (χ3v) is 8.39. The van der Waals surface area contributed by atoms with Crippen molar-refractivity contribution in [3.8, 4) is 11.5 Å².